The van der Waals surface area contributed by atoms with E-state index >= 15 is 0 Å². The molecule has 0 saturated carbocycles. The summed E-state index contributed by atoms with van der Waals surface area (Å²) < 4.78 is 19.2. The molecular weight excluding hydrogens is 259 g/mol. The van der Waals surface area contributed by atoms with Gasteiger partial charge in [-0.3, -0.25) is 0 Å². The first-order valence-electron chi connectivity index (χ1n) is 6.20. The van der Waals surface area contributed by atoms with Crippen molar-refractivity contribution in [2.24, 2.45) is 0 Å². The van der Waals surface area contributed by atoms with E-state index in [-0.39, 0.29) is 12.2 Å². The number of hydrogen-bond donors (Lipinski definition) is 1. The highest BCUT2D eigenvalue weighted by atomic mass is 19.1. The number of aryl methyl sites for hydroxylation is 1. The molecule has 4 heteroatoms. The predicted molar refractivity (Wildman–Crippen MR) is 73.6 cm³/mol. The molecule has 0 saturated heterocycles. The van der Waals surface area contributed by atoms with E-state index in [1.165, 1.54) is 12.1 Å². The number of carbonyl (C=O) groups is 1. The van der Waals surface area contributed by atoms with Crippen LogP contribution in [0.4, 0.5) is 4.39 Å². The third-order valence-electron chi connectivity index (χ3n) is 3.21. The SMILES string of the molecule is Cc1cccc(OCc2ccc(C(=O)O)c(F)c2)c1C. The van der Waals surface area contributed by atoms with E-state index in [9.17, 15) is 9.18 Å². The number of aromatic carboxylic acids is 1. The van der Waals surface area contributed by atoms with Gasteiger partial charge in [-0.15, -0.1) is 0 Å². The van der Waals surface area contributed by atoms with Crippen molar-refractivity contribution in [2.45, 2.75) is 20.5 Å². The number of rotatable bonds is 4. The van der Waals surface area contributed by atoms with Crippen molar-refractivity contribution >= 4 is 5.97 Å². The van der Waals surface area contributed by atoms with Crippen molar-refractivity contribution in [3.8, 4) is 5.75 Å². The third kappa shape index (κ3) is 2.96. The number of hydrogen-bond acceptors (Lipinski definition) is 2. The van der Waals surface area contributed by atoms with Crippen molar-refractivity contribution in [1.29, 1.82) is 0 Å². The fourth-order valence-electron chi connectivity index (χ4n) is 1.86. The first-order valence-corrected chi connectivity index (χ1v) is 6.20. The van der Waals surface area contributed by atoms with Crippen molar-refractivity contribution in [2.75, 3.05) is 0 Å². The Morgan fingerprint density at radius 1 is 1.25 bits per heavy atom. The Morgan fingerprint density at radius 3 is 2.65 bits per heavy atom. The summed E-state index contributed by atoms with van der Waals surface area (Å²) in [5, 5.41) is 8.76. The van der Waals surface area contributed by atoms with Gasteiger partial charge in [0.25, 0.3) is 0 Å². The highest BCUT2D eigenvalue weighted by Crippen LogP contribution is 2.22. The molecule has 0 aliphatic rings. The molecule has 0 fully saturated rings. The van der Waals surface area contributed by atoms with Crippen LogP contribution in [0.5, 0.6) is 5.75 Å². The van der Waals surface area contributed by atoms with Gasteiger partial charge in [0.1, 0.15) is 18.2 Å². The highest BCUT2D eigenvalue weighted by Gasteiger charge is 2.10. The maximum absolute atomic E-state index is 13.5. The first kappa shape index (κ1) is 14.1. The van der Waals surface area contributed by atoms with Crippen molar-refractivity contribution in [3.63, 3.8) is 0 Å². The molecule has 3 nitrogen and oxygen atoms in total. The summed E-state index contributed by atoms with van der Waals surface area (Å²) in [6.45, 7) is 4.14. The molecule has 104 valence electrons. The van der Waals surface area contributed by atoms with Gasteiger partial charge in [-0.2, -0.15) is 0 Å². The highest BCUT2D eigenvalue weighted by molar-refractivity contribution is 5.87. The fraction of sp³-hybridized carbons (Fsp3) is 0.188. The van der Waals surface area contributed by atoms with Gasteiger partial charge in [-0.1, -0.05) is 18.2 Å². The average molecular weight is 274 g/mol. The molecule has 2 rings (SSSR count). The van der Waals surface area contributed by atoms with Crippen LogP contribution in [0.2, 0.25) is 0 Å². The van der Waals surface area contributed by atoms with Crippen LogP contribution in [0.1, 0.15) is 27.0 Å². The molecule has 0 unspecified atom stereocenters. The van der Waals surface area contributed by atoms with Crippen LogP contribution in [0.25, 0.3) is 0 Å². The summed E-state index contributed by atoms with van der Waals surface area (Å²) in [4.78, 5) is 10.7. The lowest BCUT2D eigenvalue weighted by Crippen LogP contribution is -2.03. The second-order valence-corrected chi connectivity index (χ2v) is 4.61. The Kier molecular flexibility index (Phi) is 4.03. The zero-order valence-corrected chi connectivity index (χ0v) is 11.3. The van der Waals surface area contributed by atoms with E-state index in [4.69, 9.17) is 9.84 Å². The van der Waals surface area contributed by atoms with Crippen LogP contribution < -0.4 is 4.74 Å². The molecule has 0 spiro atoms. The molecule has 0 aliphatic heterocycles. The molecule has 20 heavy (non-hydrogen) atoms. The second-order valence-electron chi connectivity index (χ2n) is 4.61. The zero-order chi connectivity index (χ0) is 14.7. The minimum atomic E-state index is -1.27. The third-order valence-corrected chi connectivity index (χ3v) is 3.21. The Hall–Kier alpha value is -2.36. The molecule has 0 atom stereocenters. The van der Waals surface area contributed by atoms with E-state index in [0.29, 0.717) is 5.56 Å². The maximum atomic E-state index is 13.5. The van der Waals surface area contributed by atoms with Crippen LogP contribution in [-0.4, -0.2) is 11.1 Å². The molecule has 0 radical (unpaired) electrons. The van der Waals surface area contributed by atoms with E-state index in [1.807, 2.05) is 32.0 Å². The summed E-state index contributed by atoms with van der Waals surface area (Å²) in [5.74, 6) is -1.28. The lowest BCUT2D eigenvalue weighted by molar-refractivity contribution is 0.0692. The largest absolute Gasteiger partial charge is 0.489 e. The summed E-state index contributed by atoms with van der Waals surface area (Å²) in [6.07, 6.45) is 0. The molecule has 0 aliphatic carbocycles. The predicted octanol–water partition coefficient (Wildman–Crippen LogP) is 3.72. The molecule has 0 amide bonds. The van der Waals surface area contributed by atoms with Crippen LogP contribution in [-0.2, 0) is 6.61 Å². The number of halogens is 1. The van der Waals surface area contributed by atoms with Gasteiger partial charge in [0, 0.05) is 0 Å². The quantitative estimate of drug-likeness (QED) is 0.924. The fourth-order valence-corrected chi connectivity index (χ4v) is 1.86. The van der Waals surface area contributed by atoms with Crippen molar-refractivity contribution in [3.05, 3.63) is 64.5 Å². The van der Waals surface area contributed by atoms with Crippen molar-refractivity contribution < 1.29 is 19.0 Å². The molecule has 2 aromatic rings. The summed E-state index contributed by atoms with van der Waals surface area (Å²) in [7, 11) is 0. The number of ether oxygens (including phenoxy) is 1. The molecule has 0 aromatic heterocycles. The Morgan fingerprint density at radius 2 is 2.00 bits per heavy atom. The van der Waals surface area contributed by atoms with E-state index in [1.54, 1.807) is 6.07 Å². The van der Waals surface area contributed by atoms with Crippen molar-refractivity contribution in [1.82, 2.24) is 0 Å². The van der Waals surface area contributed by atoms with Crippen LogP contribution in [0.15, 0.2) is 36.4 Å². The summed E-state index contributed by atoms with van der Waals surface area (Å²) >= 11 is 0. The Balaban J connectivity index is 2.13. The number of benzene rings is 2. The minimum absolute atomic E-state index is 0.196. The number of carboxylic acid groups (broad SMARTS) is 1. The second kappa shape index (κ2) is 5.74. The average Bonchev–Trinajstić information content (AvgIpc) is 2.40. The summed E-state index contributed by atoms with van der Waals surface area (Å²) in [6, 6.07) is 9.73. The van der Waals surface area contributed by atoms with Gasteiger partial charge in [-0.05, 0) is 48.7 Å². The van der Waals surface area contributed by atoms with E-state index < -0.39 is 11.8 Å². The van der Waals surface area contributed by atoms with Crippen LogP contribution in [0.3, 0.4) is 0 Å². The van der Waals surface area contributed by atoms with Gasteiger partial charge in [0.2, 0.25) is 0 Å². The normalized spacial score (nSPS) is 10.3. The first-order chi connectivity index (χ1) is 9.49. The van der Waals surface area contributed by atoms with E-state index in [2.05, 4.69) is 0 Å². The maximum Gasteiger partial charge on any atom is 0.338 e. The lowest BCUT2D eigenvalue weighted by atomic mass is 10.1. The van der Waals surface area contributed by atoms with Gasteiger partial charge in [0.15, 0.2) is 0 Å². The smallest absolute Gasteiger partial charge is 0.338 e. The van der Waals surface area contributed by atoms with Gasteiger partial charge >= 0.3 is 5.97 Å². The Bertz CT molecular complexity index is 650. The van der Waals surface area contributed by atoms with Gasteiger partial charge in [-0.25, -0.2) is 9.18 Å². The standard InChI is InChI=1S/C16H15FO3/c1-10-4-3-5-15(11(10)2)20-9-12-6-7-13(16(18)19)14(17)8-12/h3-8H,9H2,1-2H3,(H,18,19). The van der Waals surface area contributed by atoms with E-state index in [0.717, 1.165) is 16.9 Å². The monoisotopic (exact) mass is 274 g/mol. The molecular formula is C16H15FO3. The number of carboxylic acids is 1. The topological polar surface area (TPSA) is 46.5 Å². The molecule has 0 bridgehead atoms. The molecule has 1 N–H and O–H groups in total. The van der Waals surface area contributed by atoms with Crippen LogP contribution >= 0.6 is 0 Å². The molecule has 0 heterocycles. The van der Waals surface area contributed by atoms with Gasteiger partial charge < -0.3 is 9.84 Å². The Labute approximate surface area is 116 Å². The lowest BCUT2D eigenvalue weighted by Gasteiger charge is -2.11. The van der Waals surface area contributed by atoms with Crippen LogP contribution in [0, 0.1) is 19.7 Å². The van der Waals surface area contributed by atoms with Gasteiger partial charge in [0.05, 0.1) is 5.56 Å². The summed E-state index contributed by atoms with van der Waals surface area (Å²) in [5.41, 5.74) is 2.42. The zero-order valence-electron chi connectivity index (χ0n) is 11.3. The minimum Gasteiger partial charge on any atom is -0.489 e. The molecule has 2 aromatic carbocycles.